The van der Waals surface area contributed by atoms with E-state index in [0.29, 0.717) is 23.3 Å². The molecule has 1 aliphatic rings. The highest BCUT2D eigenvalue weighted by Crippen LogP contribution is 2.43. The topological polar surface area (TPSA) is 91.5 Å². The number of fused-ring (bicyclic) bond motifs is 1. The average molecular weight is 395 g/mol. The summed E-state index contributed by atoms with van der Waals surface area (Å²) in [5.41, 5.74) is 3.70. The highest BCUT2D eigenvalue weighted by Gasteiger charge is 2.33. The SMILES string of the molecule is COc1cc(C=NO)cc(C#CC2(C)CCc3c(C)c(O)c(C)c(C)c3O2)c1O. The maximum absolute atomic E-state index is 10.4. The van der Waals surface area contributed by atoms with E-state index in [1.807, 2.05) is 27.7 Å². The highest BCUT2D eigenvalue weighted by molar-refractivity contribution is 5.82. The van der Waals surface area contributed by atoms with Crippen LogP contribution in [0.4, 0.5) is 0 Å². The molecule has 6 heteroatoms. The Hall–Kier alpha value is -3.33. The van der Waals surface area contributed by atoms with E-state index in [4.69, 9.17) is 14.7 Å². The van der Waals surface area contributed by atoms with Crippen molar-refractivity contribution in [3.8, 4) is 34.8 Å². The van der Waals surface area contributed by atoms with E-state index in [0.717, 1.165) is 34.4 Å². The quantitative estimate of drug-likeness (QED) is 0.310. The zero-order valence-corrected chi connectivity index (χ0v) is 17.3. The lowest BCUT2D eigenvalue weighted by Crippen LogP contribution is -2.35. The molecule has 3 rings (SSSR count). The Balaban J connectivity index is 2.02. The second-order valence-electron chi connectivity index (χ2n) is 7.48. The van der Waals surface area contributed by atoms with E-state index in [1.54, 1.807) is 12.1 Å². The third kappa shape index (κ3) is 3.68. The van der Waals surface area contributed by atoms with E-state index in [2.05, 4.69) is 17.0 Å². The summed E-state index contributed by atoms with van der Waals surface area (Å²) in [6.45, 7) is 7.61. The summed E-state index contributed by atoms with van der Waals surface area (Å²) >= 11 is 0. The summed E-state index contributed by atoms with van der Waals surface area (Å²) in [7, 11) is 1.44. The number of methoxy groups -OCH3 is 1. The van der Waals surface area contributed by atoms with Crippen LogP contribution in [0.3, 0.4) is 0 Å². The number of benzene rings is 2. The van der Waals surface area contributed by atoms with Gasteiger partial charge in [-0.2, -0.15) is 0 Å². The molecule has 3 N–H and O–H groups in total. The van der Waals surface area contributed by atoms with Crippen LogP contribution in [0.15, 0.2) is 17.3 Å². The van der Waals surface area contributed by atoms with E-state index < -0.39 is 5.60 Å². The molecular weight excluding hydrogens is 370 g/mol. The van der Waals surface area contributed by atoms with Gasteiger partial charge in [0.05, 0.1) is 18.9 Å². The predicted molar refractivity (Wildman–Crippen MR) is 111 cm³/mol. The van der Waals surface area contributed by atoms with Crippen LogP contribution < -0.4 is 9.47 Å². The number of rotatable bonds is 2. The number of hydrogen-bond donors (Lipinski definition) is 3. The van der Waals surface area contributed by atoms with Crippen LogP contribution in [0.2, 0.25) is 0 Å². The van der Waals surface area contributed by atoms with Crippen molar-refractivity contribution in [1.82, 2.24) is 0 Å². The maximum atomic E-state index is 10.4. The molecule has 1 atom stereocenters. The summed E-state index contributed by atoms with van der Waals surface area (Å²) in [6, 6.07) is 3.17. The zero-order valence-electron chi connectivity index (χ0n) is 17.3. The Bertz CT molecular complexity index is 1060. The van der Waals surface area contributed by atoms with Crippen molar-refractivity contribution in [1.29, 1.82) is 0 Å². The number of aromatic hydroxyl groups is 2. The molecule has 0 spiro atoms. The van der Waals surface area contributed by atoms with Crippen molar-refractivity contribution in [2.45, 2.75) is 46.1 Å². The minimum atomic E-state index is -0.756. The molecule has 2 aromatic carbocycles. The summed E-state index contributed by atoms with van der Waals surface area (Å²) < 4.78 is 11.5. The van der Waals surface area contributed by atoms with E-state index in [1.165, 1.54) is 13.3 Å². The highest BCUT2D eigenvalue weighted by atomic mass is 16.5. The molecule has 0 fully saturated rings. The number of phenolic OH excluding ortho intramolecular Hbond substituents is 2. The van der Waals surface area contributed by atoms with Crippen LogP contribution in [-0.2, 0) is 6.42 Å². The van der Waals surface area contributed by atoms with Crippen LogP contribution >= 0.6 is 0 Å². The van der Waals surface area contributed by atoms with Crippen molar-refractivity contribution < 1.29 is 24.9 Å². The van der Waals surface area contributed by atoms with Crippen molar-refractivity contribution in [2.24, 2.45) is 5.16 Å². The van der Waals surface area contributed by atoms with Gasteiger partial charge in [-0.25, -0.2) is 0 Å². The first-order valence-corrected chi connectivity index (χ1v) is 9.33. The Labute approximate surface area is 170 Å². The van der Waals surface area contributed by atoms with Crippen LogP contribution in [0, 0.1) is 32.6 Å². The van der Waals surface area contributed by atoms with E-state index in [-0.39, 0.29) is 11.5 Å². The average Bonchev–Trinajstić information content (AvgIpc) is 2.71. The maximum Gasteiger partial charge on any atom is 0.173 e. The van der Waals surface area contributed by atoms with Gasteiger partial charge in [-0.3, -0.25) is 0 Å². The molecule has 0 saturated carbocycles. The van der Waals surface area contributed by atoms with Gasteiger partial charge >= 0.3 is 0 Å². The van der Waals surface area contributed by atoms with Gasteiger partial charge in [0, 0.05) is 17.5 Å². The molecule has 1 aliphatic heterocycles. The Kier molecular flexibility index (Phi) is 5.34. The van der Waals surface area contributed by atoms with Crippen LogP contribution in [0.5, 0.6) is 23.0 Å². The molecule has 2 aromatic rings. The smallest absolute Gasteiger partial charge is 0.173 e. The number of phenols is 2. The monoisotopic (exact) mass is 395 g/mol. The Morgan fingerprint density at radius 2 is 1.86 bits per heavy atom. The molecule has 6 nitrogen and oxygen atoms in total. The van der Waals surface area contributed by atoms with Gasteiger partial charge in [-0.15, -0.1) is 0 Å². The van der Waals surface area contributed by atoms with Gasteiger partial charge in [-0.05, 0) is 62.9 Å². The Morgan fingerprint density at radius 3 is 2.52 bits per heavy atom. The molecule has 1 unspecified atom stereocenters. The van der Waals surface area contributed by atoms with Crippen molar-refractivity contribution in [3.05, 3.63) is 45.5 Å². The van der Waals surface area contributed by atoms with Crippen LogP contribution in [-0.4, -0.2) is 34.3 Å². The molecule has 0 bridgehead atoms. The number of ether oxygens (including phenoxy) is 2. The lowest BCUT2D eigenvalue weighted by molar-refractivity contribution is 0.122. The van der Waals surface area contributed by atoms with E-state index in [9.17, 15) is 10.2 Å². The van der Waals surface area contributed by atoms with Crippen molar-refractivity contribution >= 4 is 6.21 Å². The minimum absolute atomic E-state index is 0.0808. The lowest BCUT2D eigenvalue weighted by Gasteiger charge is -2.34. The summed E-state index contributed by atoms with van der Waals surface area (Å²) in [5.74, 6) is 7.38. The van der Waals surface area contributed by atoms with E-state index >= 15 is 0 Å². The Morgan fingerprint density at radius 1 is 1.14 bits per heavy atom. The third-order valence-corrected chi connectivity index (χ3v) is 5.51. The van der Waals surface area contributed by atoms with Gasteiger partial charge in [0.2, 0.25) is 0 Å². The van der Waals surface area contributed by atoms with Crippen molar-refractivity contribution in [2.75, 3.05) is 7.11 Å². The van der Waals surface area contributed by atoms with Crippen LogP contribution in [0.25, 0.3) is 0 Å². The van der Waals surface area contributed by atoms with Gasteiger partial charge in [0.1, 0.15) is 11.5 Å². The van der Waals surface area contributed by atoms with Gasteiger partial charge in [0.15, 0.2) is 17.1 Å². The van der Waals surface area contributed by atoms with Gasteiger partial charge in [-0.1, -0.05) is 17.0 Å². The molecule has 0 amide bonds. The number of nitrogens with zero attached hydrogens (tertiary/aromatic N) is 1. The lowest BCUT2D eigenvalue weighted by atomic mass is 9.87. The predicted octanol–water partition coefficient (Wildman–Crippen LogP) is 3.98. The molecule has 0 aromatic heterocycles. The first-order valence-electron chi connectivity index (χ1n) is 9.33. The fourth-order valence-corrected chi connectivity index (χ4v) is 3.56. The largest absolute Gasteiger partial charge is 0.507 e. The molecular formula is C23H25NO5. The first-order chi connectivity index (χ1) is 13.7. The summed E-state index contributed by atoms with van der Waals surface area (Å²) in [5, 5.41) is 32.5. The molecule has 0 radical (unpaired) electrons. The minimum Gasteiger partial charge on any atom is -0.507 e. The molecule has 0 saturated heterocycles. The molecule has 0 aliphatic carbocycles. The third-order valence-electron chi connectivity index (χ3n) is 5.51. The molecule has 1 heterocycles. The second-order valence-corrected chi connectivity index (χ2v) is 7.48. The fraction of sp³-hybridized carbons (Fsp3) is 0.348. The number of hydrogen-bond acceptors (Lipinski definition) is 6. The summed E-state index contributed by atoms with van der Waals surface area (Å²) in [4.78, 5) is 0. The van der Waals surface area contributed by atoms with Crippen molar-refractivity contribution in [3.63, 3.8) is 0 Å². The van der Waals surface area contributed by atoms with Gasteiger partial charge < -0.3 is 24.9 Å². The van der Waals surface area contributed by atoms with Crippen LogP contribution in [0.1, 0.15) is 46.7 Å². The van der Waals surface area contributed by atoms with Gasteiger partial charge in [0.25, 0.3) is 0 Å². The number of oxime groups is 1. The first kappa shape index (κ1) is 20.4. The zero-order chi connectivity index (χ0) is 21.3. The fourth-order valence-electron chi connectivity index (χ4n) is 3.56. The molecule has 152 valence electrons. The standard InChI is InChI=1S/C23H25NO5/c1-13-14(2)22-18(15(3)20(13)25)7-9-23(4,29-22)8-6-17-10-16(12-24-27)11-19(28-5)21(17)26/h10-12,25-27H,7,9H2,1-5H3. The molecule has 29 heavy (non-hydrogen) atoms. The normalized spacial score (nSPS) is 18.0. The summed E-state index contributed by atoms with van der Waals surface area (Å²) in [6.07, 6.45) is 2.61. The second kappa shape index (κ2) is 7.59.